The third kappa shape index (κ3) is 8.15. The summed E-state index contributed by atoms with van der Waals surface area (Å²) in [5.41, 5.74) is 1.93. The van der Waals surface area contributed by atoms with E-state index < -0.39 is 22.0 Å². The number of rotatable bonds is 10. The van der Waals surface area contributed by atoms with E-state index >= 15 is 0 Å². The minimum Gasteiger partial charge on any atom is -0.326 e. The first kappa shape index (κ1) is 32.3. The molecule has 13 heteroatoms. The maximum atomic E-state index is 13.3. The van der Waals surface area contributed by atoms with E-state index in [1.54, 1.807) is 78.9 Å². The van der Waals surface area contributed by atoms with Gasteiger partial charge in [-0.2, -0.15) is 0 Å². The van der Waals surface area contributed by atoms with Gasteiger partial charge in [-0.3, -0.25) is 34.1 Å². The van der Waals surface area contributed by atoms with E-state index in [-0.39, 0.29) is 35.5 Å². The SMILES string of the molecule is CC(=O)Nc1ccc(N2C(=O)CC(Sc3ccc(NC(=O)/C(=C/c4ccc([N+](=O)[O-])cc4)NC(=O)c4ccccc4)cc3)C2=O)cc1. The summed E-state index contributed by atoms with van der Waals surface area (Å²) >= 11 is 1.22. The molecule has 1 heterocycles. The molecule has 236 valence electrons. The lowest BCUT2D eigenvalue weighted by Gasteiger charge is -2.15. The number of nitrogens with one attached hydrogen (secondary N) is 3. The van der Waals surface area contributed by atoms with Crippen LogP contribution in [0.15, 0.2) is 114 Å². The Morgan fingerprint density at radius 1 is 0.851 bits per heavy atom. The van der Waals surface area contributed by atoms with Crippen LogP contribution in [0.1, 0.15) is 29.3 Å². The summed E-state index contributed by atoms with van der Waals surface area (Å²) < 4.78 is 0. The van der Waals surface area contributed by atoms with Gasteiger partial charge in [0.15, 0.2) is 0 Å². The fourth-order valence-electron chi connectivity index (χ4n) is 4.65. The average molecular weight is 650 g/mol. The van der Waals surface area contributed by atoms with Crippen molar-refractivity contribution in [2.45, 2.75) is 23.5 Å². The number of carbonyl (C=O) groups is 5. The van der Waals surface area contributed by atoms with Crippen molar-refractivity contribution in [3.8, 4) is 0 Å². The lowest BCUT2D eigenvalue weighted by Crippen LogP contribution is -2.31. The second-order valence-electron chi connectivity index (χ2n) is 10.3. The first-order valence-corrected chi connectivity index (χ1v) is 15.1. The lowest BCUT2D eigenvalue weighted by molar-refractivity contribution is -0.384. The number of hydrogen-bond donors (Lipinski definition) is 3. The zero-order valence-corrected chi connectivity index (χ0v) is 25.7. The molecule has 1 aliphatic rings. The van der Waals surface area contributed by atoms with E-state index in [4.69, 9.17) is 0 Å². The van der Waals surface area contributed by atoms with Crippen LogP contribution in [-0.4, -0.2) is 39.7 Å². The molecular formula is C34H27N5O7S. The third-order valence-corrected chi connectivity index (χ3v) is 8.08. The summed E-state index contributed by atoms with van der Waals surface area (Å²) in [6.07, 6.45) is 1.42. The fraction of sp³-hybridized carbons (Fsp3) is 0.0882. The number of non-ortho nitro benzene ring substituents is 1. The summed E-state index contributed by atoms with van der Waals surface area (Å²) in [4.78, 5) is 75.7. The van der Waals surface area contributed by atoms with Gasteiger partial charge >= 0.3 is 0 Å². The maximum absolute atomic E-state index is 13.3. The van der Waals surface area contributed by atoms with Crippen LogP contribution in [0.2, 0.25) is 0 Å². The number of carbonyl (C=O) groups excluding carboxylic acids is 5. The van der Waals surface area contributed by atoms with E-state index in [1.165, 1.54) is 49.0 Å². The van der Waals surface area contributed by atoms with Crippen LogP contribution in [0.5, 0.6) is 0 Å². The molecule has 0 bridgehead atoms. The highest BCUT2D eigenvalue weighted by Crippen LogP contribution is 2.35. The molecule has 5 rings (SSSR count). The van der Waals surface area contributed by atoms with Gasteiger partial charge in [-0.15, -0.1) is 11.8 Å². The number of hydrogen-bond acceptors (Lipinski definition) is 8. The molecule has 1 atom stereocenters. The molecule has 0 aliphatic carbocycles. The number of thioether (sulfide) groups is 1. The molecular weight excluding hydrogens is 622 g/mol. The molecule has 4 aromatic carbocycles. The molecule has 1 unspecified atom stereocenters. The second-order valence-corrected chi connectivity index (χ2v) is 11.6. The second kappa shape index (κ2) is 14.3. The molecule has 0 saturated carbocycles. The van der Waals surface area contributed by atoms with Crippen LogP contribution in [0.4, 0.5) is 22.7 Å². The van der Waals surface area contributed by atoms with Crippen molar-refractivity contribution in [2.75, 3.05) is 15.5 Å². The normalized spacial score (nSPS) is 14.4. The van der Waals surface area contributed by atoms with Gasteiger partial charge < -0.3 is 16.0 Å². The summed E-state index contributed by atoms with van der Waals surface area (Å²) in [6.45, 7) is 1.38. The molecule has 5 amide bonds. The topological polar surface area (TPSA) is 168 Å². The lowest BCUT2D eigenvalue weighted by atomic mass is 10.1. The minimum absolute atomic E-state index is 0.00729. The Morgan fingerprint density at radius 2 is 1.47 bits per heavy atom. The van der Waals surface area contributed by atoms with Crippen LogP contribution in [-0.2, 0) is 19.2 Å². The zero-order valence-electron chi connectivity index (χ0n) is 24.8. The van der Waals surface area contributed by atoms with Crippen molar-refractivity contribution in [1.82, 2.24) is 5.32 Å². The van der Waals surface area contributed by atoms with E-state index in [0.29, 0.717) is 33.1 Å². The van der Waals surface area contributed by atoms with Gasteiger partial charge in [0.05, 0.1) is 15.9 Å². The van der Waals surface area contributed by atoms with Crippen LogP contribution in [0.25, 0.3) is 6.08 Å². The van der Waals surface area contributed by atoms with E-state index in [0.717, 1.165) is 4.90 Å². The molecule has 3 N–H and O–H groups in total. The molecule has 1 saturated heterocycles. The maximum Gasteiger partial charge on any atom is 0.272 e. The van der Waals surface area contributed by atoms with Crippen molar-refractivity contribution in [3.05, 3.63) is 130 Å². The number of amides is 5. The molecule has 0 radical (unpaired) electrons. The van der Waals surface area contributed by atoms with Crippen LogP contribution >= 0.6 is 11.8 Å². The number of anilines is 3. The van der Waals surface area contributed by atoms with Gasteiger partial charge in [-0.1, -0.05) is 18.2 Å². The number of nitro benzene ring substituents is 1. The van der Waals surface area contributed by atoms with E-state index in [2.05, 4.69) is 16.0 Å². The van der Waals surface area contributed by atoms with Crippen molar-refractivity contribution in [1.29, 1.82) is 0 Å². The predicted molar refractivity (Wildman–Crippen MR) is 178 cm³/mol. The number of nitro groups is 1. The number of imide groups is 1. The molecule has 4 aromatic rings. The molecule has 0 spiro atoms. The molecule has 0 aromatic heterocycles. The standard InChI is InChI=1S/C34H27N5O7S/c1-21(40)35-24-9-15-26(16-10-24)38-31(41)20-30(34(38)44)47-28-17-11-25(12-18-28)36-33(43)29(37-32(42)23-5-3-2-4-6-23)19-22-7-13-27(14-8-22)39(45)46/h2-19,30H,20H2,1H3,(H,35,40)(H,36,43)(H,37,42)/b29-19-. The molecule has 12 nitrogen and oxygen atoms in total. The Balaban J connectivity index is 1.27. The monoisotopic (exact) mass is 649 g/mol. The molecule has 1 aliphatic heterocycles. The fourth-order valence-corrected chi connectivity index (χ4v) is 5.70. The van der Waals surface area contributed by atoms with Gasteiger partial charge in [-0.05, 0) is 84.4 Å². The van der Waals surface area contributed by atoms with Crippen LogP contribution < -0.4 is 20.9 Å². The largest absolute Gasteiger partial charge is 0.326 e. The first-order valence-electron chi connectivity index (χ1n) is 14.2. The highest BCUT2D eigenvalue weighted by molar-refractivity contribution is 8.00. The quantitative estimate of drug-likeness (QED) is 0.0890. The Kier molecular flexibility index (Phi) is 9.87. The summed E-state index contributed by atoms with van der Waals surface area (Å²) in [6, 6.07) is 26.9. The van der Waals surface area contributed by atoms with Gasteiger partial charge in [0, 0.05) is 47.3 Å². The van der Waals surface area contributed by atoms with Gasteiger partial charge in [0.25, 0.3) is 17.5 Å². The van der Waals surface area contributed by atoms with Gasteiger partial charge in [0.2, 0.25) is 17.7 Å². The first-order chi connectivity index (χ1) is 22.6. The number of nitrogens with zero attached hydrogens (tertiary/aromatic N) is 2. The highest BCUT2D eigenvalue weighted by Gasteiger charge is 2.40. The Hall–Kier alpha value is -6.08. The Bertz CT molecular complexity index is 1880. The van der Waals surface area contributed by atoms with Gasteiger partial charge in [-0.25, -0.2) is 4.90 Å². The van der Waals surface area contributed by atoms with E-state index in [1.807, 2.05) is 0 Å². The minimum atomic E-state index is -0.651. The zero-order chi connectivity index (χ0) is 33.5. The summed E-state index contributed by atoms with van der Waals surface area (Å²) in [5.74, 6) is -2.09. The summed E-state index contributed by atoms with van der Waals surface area (Å²) in [5, 5.41) is 18.4. The van der Waals surface area contributed by atoms with Crippen LogP contribution in [0.3, 0.4) is 0 Å². The highest BCUT2D eigenvalue weighted by atomic mass is 32.2. The number of benzene rings is 4. The van der Waals surface area contributed by atoms with Gasteiger partial charge in [0.1, 0.15) is 5.70 Å². The Labute approximate surface area is 273 Å². The Morgan fingerprint density at radius 3 is 2.09 bits per heavy atom. The smallest absolute Gasteiger partial charge is 0.272 e. The van der Waals surface area contributed by atoms with Crippen molar-refractivity contribution in [3.63, 3.8) is 0 Å². The van der Waals surface area contributed by atoms with Crippen molar-refractivity contribution in [2.24, 2.45) is 0 Å². The summed E-state index contributed by atoms with van der Waals surface area (Å²) in [7, 11) is 0. The molecule has 1 fully saturated rings. The third-order valence-electron chi connectivity index (χ3n) is 6.89. The van der Waals surface area contributed by atoms with Crippen molar-refractivity contribution < 1.29 is 28.9 Å². The molecule has 47 heavy (non-hydrogen) atoms. The van der Waals surface area contributed by atoms with E-state index in [9.17, 15) is 34.1 Å². The van der Waals surface area contributed by atoms with Crippen LogP contribution in [0, 0.1) is 10.1 Å². The average Bonchev–Trinajstić information content (AvgIpc) is 3.34. The predicted octanol–water partition coefficient (Wildman–Crippen LogP) is 5.39. The van der Waals surface area contributed by atoms with Crippen molar-refractivity contribution >= 4 is 70.1 Å².